The van der Waals surface area contributed by atoms with Gasteiger partial charge in [0, 0.05) is 13.1 Å². The Balaban J connectivity index is 1.54. The summed E-state index contributed by atoms with van der Waals surface area (Å²) in [6.07, 6.45) is 3.83. The summed E-state index contributed by atoms with van der Waals surface area (Å²) < 4.78 is 10.1. The number of hydrogen-bond acceptors (Lipinski definition) is 7. The predicted molar refractivity (Wildman–Crippen MR) is 91.1 cm³/mol. The average Bonchev–Trinajstić information content (AvgIpc) is 3.15. The fraction of sp³-hybridized carbons (Fsp3) is 0.667. The first-order valence-corrected chi connectivity index (χ1v) is 9.07. The number of nitrogens with one attached hydrogen (secondary N) is 1. The lowest BCUT2D eigenvalue weighted by molar-refractivity contribution is 0.0941. The molecule has 1 fully saturated rings. The second-order valence-electron chi connectivity index (χ2n) is 6.14. The largest absolute Gasteiger partial charge is 0.349 e. The Labute approximate surface area is 145 Å². The molecule has 8 nitrogen and oxygen atoms in total. The Morgan fingerprint density at radius 2 is 2.00 bits per heavy atom. The summed E-state index contributed by atoms with van der Waals surface area (Å²) in [7, 11) is 0. The fourth-order valence-corrected chi connectivity index (χ4v) is 3.41. The summed E-state index contributed by atoms with van der Waals surface area (Å²) in [5, 5.41) is 11.1. The minimum Gasteiger partial charge on any atom is -0.349 e. The van der Waals surface area contributed by atoms with Crippen molar-refractivity contribution in [2.24, 2.45) is 0 Å². The van der Waals surface area contributed by atoms with Crippen LogP contribution in [0.15, 0.2) is 0 Å². The number of likely N-dealkylation sites (tertiary alicyclic amines) is 1. The van der Waals surface area contributed by atoms with Crippen LogP contribution in [0, 0.1) is 13.8 Å². The number of piperidine rings is 1. The highest BCUT2D eigenvalue weighted by atomic mass is 32.1. The molecule has 0 unspecified atom stereocenters. The van der Waals surface area contributed by atoms with Crippen molar-refractivity contribution in [2.75, 3.05) is 26.2 Å². The van der Waals surface area contributed by atoms with E-state index in [1.807, 2.05) is 13.8 Å². The quantitative estimate of drug-likeness (QED) is 0.837. The molecule has 0 aromatic carbocycles. The molecule has 3 heterocycles. The zero-order valence-corrected chi connectivity index (χ0v) is 15.0. The Hall–Kier alpha value is -1.87. The standard InChI is InChI=1S/C15H23N7OS/c1-11-13(19-24-18-11)10-22-12(2)14(17-20-22)15(23)16-6-9-21-7-4-3-5-8-21/h3-10H2,1-2H3,(H,16,23). The molecule has 1 saturated heterocycles. The second kappa shape index (κ2) is 7.80. The fourth-order valence-electron chi connectivity index (χ4n) is 2.85. The van der Waals surface area contributed by atoms with Crippen LogP contribution in [-0.4, -0.2) is 60.7 Å². The van der Waals surface area contributed by atoms with Crippen LogP contribution in [0.25, 0.3) is 0 Å². The van der Waals surface area contributed by atoms with Crippen molar-refractivity contribution in [3.63, 3.8) is 0 Å². The van der Waals surface area contributed by atoms with Gasteiger partial charge in [0.25, 0.3) is 5.91 Å². The highest BCUT2D eigenvalue weighted by Gasteiger charge is 2.18. The summed E-state index contributed by atoms with van der Waals surface area (Å²) in [4.78, 5) is 14.7. The molecule has 1 aliphatic heterocycles. The maximum Gasteiger partial charge on any atom is 0.273 e. The van der Waals surface area contributed by atoms with Crippen LogP contribution in [0.4, 0.5) is 0 Å². The topological polar surface area (TPSA) is 88.8 Å². The van der Waals surface area contributed by atoms with Crippen LogP contribution in [-0.2, 0) is 6.54 Å². The van der Waals surface area contributed by atoms with Crippen molar-refractivity contribution >= 4 is 17.6 Å². The van der Waals surface area contributed by atoms with Gasteiger partial charge in [-0.05, 0) is 39.8 Å². The van der Waals surface area contributed by atoms with Crippen molar-refractivity contribution in [1.82, 2.24) is 34.0 Å². The van der Waals surface area contributed by atoms with E-state index in [1.165, 1.54) is 31.0 Å². The molecule has 1 aliphatic rings. The molecule has 24 heavy (non-hydrogen) atoms. The number of nitrogens with zero attached hydrogens (tertiary/aromatic N) is 6. The first kappa shape index (κ1) is 17.0. The highest BCUT2D eigenvalue weighted by molar-refractivity contribution is 6.99. The van der Waals surface area contributed by atoms with Gasteiger partial charge in [0.2, 0.25) is 0 Å². The molecule has 9 heteroatoms. The van der Waals surface area contributed by atoms with E-state index in [1.54, 1.807) is 4.68 Å². The summed E-state index contributed by atoms with van der Waals surface area (Å²) in [6, 6.07) is 0. The van der Waals surface area contributed by atoms with Gasteiger partial charge in [-0.3, -0.25) is 4.79 Å². The molecule has 130 valence electrons. The van der Waals surface area contributed by atoms with E-state index in [0.717, 1.165) is 36.7 Å². The minimum atomic E-state index is -0.163. The lowest BCUT2D eigenvalue weighted by atomic mass is 10.1. The number of aromatic nitrogens is 5. The zero-order chi connectivity index (χ0) is 16.9. The van der Waals surface area contributed by atoms with E-state index in [9.17, 15) is 4.79 Å². The van der Waals surface area contributed by atoms with Gasteiger partial charge in [0.15, 0.2) is 5.69 Å². The summed E-state index contributed by atoms with van der Waals surface area (Å²) in [5.41, 5.74) is 2.89. The highest BCUT2D eigenvalue weighted by Crippen LogP contribution is 2.10. The number of carbonyl (C=O) groups excluding carboxylic acids is 1. The molecule has 0 radical (unpaired) electrons. The molecule has 1 amide bonds. The molecular formula is C15H23N7OS. The maximum atomic E-state index is 12.3. The Morgan fingerprint density at radius 3 is 2.71 bits per heavy atom. The van der Waals surface area contributed by atoms with Crippen molar-refractivity contribution in [2.45, 2.75) is 39.7 Å². The third-order valence-electron chi connectivity index (χ3n) is 4.41. The summed E-state index contributed by atoms with van der Waals surface area (Å²) >= 11 is 1.18. The molecule has 2 aromatic heterocycles. The van der Waals surface area contributed by atoms with E-state index < -0.39 is 0 Å². The Bertz CT molecular complexity index is 690. The normalized spacial score (nSPS) is 15.6. The zero-order valence-electron chi connectivity index (χ0n) is 14.2. The maximum absolute atomic E-state index is 12.3. The Kier molecular flexibility index (Phi) is 5.52. The lowest BCUT2D eigenvalue weighted by Crippen LogP contribution is -2.37. The van der Waals surface area contributed by atoms with E-state index in [0.29, 0.717) is 18.8 Å². The molecule has 0 spiro atoms. The van der Waals surface area contributed by atoms with Gasteiger partial charge in [-0.1, -0.05) is 11.6 Å². The second-order valence-corrected chi connectivity index (χ2v) is 6.66. The van der Waals surface area contributed by atoms with Gasteiger partial charge in [-0.2, -0.15) is 8.75 Å². The number of aryl methyl sites for hydroxylation is 1. The number of hydrogen-bond donors (Lipinski definition) is 1. The van der Waals surface area contributed by atoms with Crippen LogP contribution in [0.1, 0.15) is 46.8 Å². The van der Waals surface area contributed by atoms with E-state index in [-0.39, 0.29) is 5.91 Å². The number of rotatable bonds is 6. The molecular weight excluding hydrogens is 326 g/mol. The molecule has 0 bridgehead atoms. The first-order chi connectivity index (χ1) is 11.6. The third-order valence-corrected chi connectivity index (χ3v) is 5.06. The monoisotopic (exact) mass is 349 g/mol. The van der Waals surface area contributed by atoms with Crippen LogP contribution < -0.4 is 5.32 Å². The van der Waals surface area contributed by atoms with Crippen molar-refractivity contribution in [3.8, 4) is 0 Å². The average molecular weight is 349 g/mol. The van der Waals surface area contributed by atoms with Gasteiger partial charge in [0.05, 0.1) is 35.4 Å². The van der Waals surface area contributed by atoms with E-state index >= 15 is 0 Å². The Morgan fingerprint density at radius 1 is 1.21 bits per heavy atom. The first-order valence-electron chi connectivity index (χ1n) is 8.34. The number of carbonyl (C=O) groups is 1. The molecule has 0 aliphatic carbocycles. The van der Waals surface area contributed by atoms with Crippen molar-refractivity contribution < 1.29 is 4.79 Å². The lowest BCUT2D eigenvalue weighted by Gasteiger charge is -2.26. The van der Waals surface area contributed by atoms with E-state index in [2.05, 4.69) is 29.3 Å². The van der Waals surface area contributed by atoms with Crippen LogP contribution in [0.5, 0.6) is 0 Å². The van der Waals surface area contributed by atoms with Gasteiger partial charge >= 0.3 is 0 Å². The van der Waals surface area contributed by atoms with Gasteiger partial charge in [-0.25, -0.2) is 4.68 Å². The van der Waals surface area contributed by atoms with Gasteiger partial charge in [-0.15, -0.1) is 5.10 Å². The molecule has 1 N–H and O–H groups in total. The molecule has 0 atom stereocenters. The van der Waals surface area contributed by atoms with E-state index in [4.69, 9.17) is 0 Å². The van der Waals surface area contributed by atoms with Crippen LogP contribution in [0.3, 0.4) is 0 Å². The van der Waals surface area contributed by atoms with Gasteiger partial charge in [0.1, 0.15) is 0 Å². The minimum absolute atomic E-state index is 0.163. The summed E-state index contributed by atoms with van der Waals surface area (Å²) in [6.45, 7) is 8.05. The van der Waals surface area contributed by atoms with Crippen molar-refractivity contribution in [3.05, 3.63) is 22.8 Å². The van der Waals surface area contributed by atoms with Gasteiger partial charge < -0.3 is 10.2 Å². The van der Waals surface area contributed by atoms with Crippen LogP contribution in [0.2, 0.25) is 0 Å². The predicted octanol–water partition coefficient (Wildman–Crippen LogP) is 1.01. The summed E-state index contributed by atoms with van der Waals surface area (Å²) in [5.74, 6) is -0.163. The molecule has 0 saturated carbocycles. The molecule has 3 rings (SSSR count). The van der Waals surface area contributed by atoms with Crippen LogP contribution >= 0.6 is 11.7 Å². The SMILES string of the molecule is Cc1nsnc1Cn1nnc(C(=O)NCCN2CCCCC2)c1C. The number of amides is 1. The molecule has 2 aromatic rings. The smallest absolute Gasteiger partial charge is 0.273 e. The van der Waals surface area contributed by atoms with Crippen molar-refractivity contribution in [1.29, 1.82) is 0 Å². The third kappa shape index (κ3) is 3.96.